The van der Waals surface area contributed by atoms with E-state index in [0.29, 0.717) is 43.6 Å². The first-order valence-electron chi connectivity index (χ1n) is 17.1. The van der Waals surface area contributed by atoms with Gasteiger partial charge in [-0.15, -0.1) is 0 Å². The quantitative estimate of drug-likeness (QED) is 0.130. The number of piperidine rings is 1. The Labute approximate surface area is 255 Å². The number of quaternary nitrogens is 1. The number of carbonyl (C=O) groups is 1. The number of nitrogens with one attached hydrogen (secondary N) is 2. The molecule has 12 atom stereocenters. The molecule has 6 fully saturated rings. The molecule has 240 valence electrons. The lowest BCUT2D eigenvalue weighted by atomic mass is 9.39. The summed E-state index contributed by atoms with van der Waals surface area (Å²) in [5, 5.41) is 50.2. The maximum atomic E-state index is 13.4. The van der Waals surface area contributed by atoms with E-state index in [1.54, 1.807) is 7.05 Å². The van der Waals surface area contributed by atoms with Gasteiger partial charge in [-0.25, -0.2) is 4.99 Å². The number of hydrogen-bond donors (Lipinski definition) is 6. The number of nitrogens with zero attached hydrogens (tertiary/aromatic N) is 1. The third-order valence-electron chi connectivity index (χ3n) is 13.8. The number of aliphatic imine (C=N–C) groups is 1. The Morgan fingerprint density at radius 3 is 2.70 bits per heavy atom. The van der Waals surface area contributed by atoms with Crippen molar-refractivity contribution < 1.29 is 34.9 Å². The molecule has 0 aromatic carbocycles. The van der Waals surface area contributed by atoms with Crippen LogP contribution in [0.4, 0.5) is 0 Å². The minimum absolute atomic E-state index is 0.0714. The highest BCUT2D eigenvalue weighted by Gasteiger charge is 2.81. The normalized spacial score (nSPS) is 49.2. The third kappa shape index (κ3) is 4.05. The van der Waals surface area contributed by atoms with Gasteiger partial charge in [-0.3, -0.25) is 4.90 Å². The number of aliphatic hydroxyl groups is 3. The van der Waals surface area contributed by atoms with Crippen molar-refractivity contribution in [1.82, 2.24) is 5.32 Å². The SMILES string of the molecule is CN=C(N)[NH+]1CC[C@@H](CNCCO)[C@@]2(C1)[C@@H]1CC[C@H]3CCC[C@@H]4[C@@](O)([C@@H]5CC[C@H]6CC[C@@H](O)C[C@H]6O5)C(C(=O)[O-])=C(C1)[C@@]342. The molecule has 1 unspecified atom stereocenters. The predicted molar refractivity (Wildman–Crippen MR) is 158 cm³/mol. The number of allylic oxidation sites excluding steroid dienone is 1. The molecule has 43 heavy (non-hydrogen) atoms. The number of carboxylic acids is 1. The molecule has 5 aliphatic carbocycles. The third-order valence-corrected chi connectivity index (χ3v) is 13.8. The number of rotatable bonds is 6. The van der Waals surface area contributed by atoms with Crippen LogP contribution in [0.2, 0.25) is 0 Å². The van der Waals surface area contributed by atoms with E-state index < -0.39 is 29.2 Å². The summed E-state index contributed by atoms with van der Waals surface area (Å²) < 4.78 is 6.76. The fourth-order valence-corrected chi connectivity index (χ4v) is 12.6. The van der Waals surface area contributed by atoms with Crippen LogP contribution in [0.1, 0.15) is 77.0 Å². The van der Waals surface area contributed by atoms with E-state index in [4.69, 9.17) is 10.5 Å². The van der Waals surface area contributed by atoms with Gasteiger partial charge in [0.15, 0.2) is 0 Å². The number of aliphatic hydroxyl groups excluding tert-OH is 2. The lowest BCUT2D eigenvalue weighted by Crippen LogP contribution is -3.19. The maximum absolute atomic E-state index is 13.4. The van der Waals surface area contributed by atoms with Crippen LogP contribution in [0.15, 0.2) is 16.1 Å². The minimum Gasteiger partial charge on any atom is -0.545 e. The molecule has 7 aliphatic rings. The van der Waals surface area contributed by atoms with Gasteiger partial charge in [0.25, 0.3) is 5.96 Å². The number of carbonyl (C=O) groups excluding carboxylic acids is 1. The van der Waals surface area contributed by atoms with Crippen molar-refractivity contribution in [2.24, 2.45) is 51.1 Å². The zero-order valence-electron chi connectivity index (χ0n) is 25.7. The van der Waals surface area contributed by atoms with Crippen molar-refractivity contribution in [3.05, 3.63) is 11.1 Å². The fourth-order valence-electron chi connectivity index (χ4n) is 12.6. The van der Waals surface area contributed by atoms with Gasteiger partial charge >= 0.3 is 0 Å². The fraction of sp³-hybridized carbons (Fsp3) is 0.879. The molecule has 0 aromatic heterocycles. The highest BCUT2D eigenvalue weighted by Crippen LogP contribution is 2.81. The summed E-state index contributed by atoms with van der Waals surface area (Å²) in [5.74, 6) is 0.292. The lowest BCUT2D eigenvalue weighted by molar-refractivity contribution is -0.829. The van der Waals surface area contributed by atoms with E-state index >= 15 is 0 Å². The largest absolute Gasteiger partial charge is 0.545 e. The summed E-state index contributed by atoms with van der Waals surface area (Å²) in [6.07, 6.45) is 9.03. The molecular weight excluding hydrogens is 548 g/mol. The summed E-state index contributed by atoms with van der Waals surface area (Å²) in [5.41, 5.74) is 5.30. The van der Waals surface area contributed by atoms with Gasteiger partial charge < -0.3 is 41.0 Å². The molecular formula is C33H52N4O6. The molecule has 10 heteroatoms. The number of nitrogens with two attached hydrogens (primary N) is 1. The summed E-state index contributed by atoms with van der Waals surface area (Å²) in [6.45, 7) is 2.99. The lowest BCUT2D eigenvalue weighted by Gasteiger charge is -2.65. The van der Waals surface area contributed by atoms with E-state index in [-0.39, 0.29) is 41.5 Å². The van der Waals surface area contributed by atoms with Gasteiger partial charge in [-0.05, 0) is 94.4 Å². The second-order valence-corrected chi connectivity index (χ2v) is 15.1. The summed E-state index contributed by atoms with van der Waals surface area (Å²) >= 11 is 0. The standard InChI is InChI=1S/C33H52N4O6/c1-35-30(34)37-13-11-22(17-36-12-14-38)31(18-37)21-8-7-20-3-2-4-26-32(20,31)24(15-21)28(29(40)41)33(26,42)27-10-6-19-5-9-23(39)16-25(19)43-27/h19-23,25-27,36,38-39,42H,2-18H2,1H3,(H2,34,35)(H,40,41)/t19-,20-,21-,22+,23-,25-,26+,27+,31-,32+,33-/m1/s1. The first kappa shape index (κ1) is 30.1. The highest BCUT2D eigenvalue weighted by atomic mass is 16.5. The van der Waals surface area contributed by atoms with E-state index in [0.717, 1.165) is 83.0 Å². The van der Waals surface area contributed by atoms with Crippen LogP contribution in [-0.4, -0.2) is 91.0 Å². The Morgan fingerprint density at radius 1 is 1.14 bits per heavy atom. The average molecular weight is 601 g/mol. The molecule has 2 spiro atoms. The molecule has 4 saturated carbocycles. The minimum atomic E-state index is -1.62. The van der Waals surface area contributed by atoms with Crippen molar-refractivity contribution in [1.29, 1.82) is 0 Å². The molecule has 2 bridgehead atoms. The zero-order chi connectivity index (χ0) is 30.1. The van der Waals surface area contributed by atoms with Crippen molar-refractivity contribution in [2.45, 2.75) is 101 Å². The molecule has 7 N–H and O–H groups in total. The van der Waals surface area contributed by atoms with Crippen molar-refractivity contribution in [3.8, 4) is 0 Å². The van der Waals surface area contributed by atoms with Gasteiger partial charge in [0.1, 0.15) is 5.60 Å². The second-order valence-electron chi connectivity index (χ2n) is 15.1. The zero-order valence-corrected chi connectivity index (χ0v) is 25.7. The molecule has 0 amide bonds. The van der Waals surface area contributed by atoms with Crippen molar-refractivity contribution in [2.75, 3.05) is 39.8 Å². The number of hydrogen-bond acceptors (Lipinski definition) is 8. The number of likely N-dealkylation sites (tertiary alicyclic amines) is 1. The molecule has 0 aromatic rings. The molecule has 2 heterocycles. The number of carboxylic acid groups (broad SMARTS) is 1. The molecule has 10 nitrogen and oxygen atoms in total. The van der Waals surface area contributed by atoms with Crippen LogP contribution in [0, 0.1) is 40.4 Å². The van der Waals surface area contributed by atoms with Crippen LogP contribution >= 0.6 is 0 Å². The molecule has 0 radical (unpaired) electrons. The van der Waals surface area contributed by atoms with Crippen LogP contribution < -0.4 is 21.1 Å². The predicted octanol–water partition coefficient (Wildman–Crippen LogP) is -0.880. The summed E-state index contributed by atoms with van der Waals surface area (Å²) in [4.78, 5) is 19.0. The Kier molecular flexibility index (Phi) is 7.74. The highest BCUT2D eigenvalue weighted by molar-refractivity contribution is 5.91. The first-order valence-corrected chi connectivity index (χ1v) is 17.1. The molecule has 2 saturated heterocycles. The van der Waals surface area contributed by atoms with Crippen LogP contribution in [0.5, 0.6) is 0 Å². The maximum Gasteiger partial charge on any atom is 0.293 e. The van der Waals surface area contributed by atoms with E-state index in [9.17, 15) is 25.2 Å². The Bertz CT molecular complexity index is 1180. The summed E-state index contributed by atoms with van der Waals surface area (Å²) in [7, 11) is 1.75. The Hall–Kier alpha value is -1.56. The van der Waals surface area contributed by atoms with Crippen molar-refractivity contribution >= 4 is 11.9 Å². The number of fused-ring (bicyclic) bond motifs is 1. The van der Waals surface area contributed by atoms with Gasteiger partial charge in [0.05, 0.1) is 44.0 Å². The van der Waals surface area contributed by atoms with Gasteiger partial charge in [-0.2, -0.15) is 0 Å². The topological polar surface area (TPSA) is 165 Å². The number of guanidine groups is 1. The van der Waals surface area contributed by atoms with Gasteiger partial charge in [0, 0.05) is 42.3 Å². The Balaban J connectivity index is 1.38. The smallest absolute Gasteiger partial charge is 0.293 e. The van der Waals surface area contributed by atoms with Crippen LogP contribution in [-0.2, 0) is 9.53 Å². The van der Waals surface area contributed by atoms with E-state index in [1.165, 1.54) is 4.90 Å². The number of aliphatic carboxylic acids is 1. The van der Waals surface area contributed by atoms with Gasteiger partial charge in [-0.1, -0.05) is 12.0 Å². The number of ether oxygens (including phenoxy) is 1. The second kappa shape index (κ2) is 11.1. The van der Waals surface area contributed by atoms with E-state index in [1.807, 2.05) is 0 Å². The average Bonchev–Trinajstić information content (AvgIpc) is 3.29. The molecule has 2 aliphatic heterocycles. The summed E-state index contributed by atoms with van der Waals surface area (Å²) in [6, 6.07) is 0. The monoisotopic (exact) mass is 600 g/mol. The first-order chi connectivity index (χ1) is 20.7. The van der Waals surface area contributed by atoms with Crippen molar-refractivity contribution in [3.63, 3.8) is 0 Å². The van der Waals surface area contributed by atoms with Crippen LogP contribution in [0.25, 0.3) is 0 Å². The van der Waals surface area contributed by atoms with Crippen LogP contribution in [0.3, 0.4) is 0 Å². The molecule has 7 rings (SSSR count). The van der Waals surface area contributed by atoms with Gasteiger partial charge in [0.2, 0.25) is 0 Å². The van der Waals surface area contributed by atoms with E-state index in [2.05, 4.69) is 10.3 Å². The Morgan fingerprint density at radius 2 is 1.93 bits per heavy atom.